The van der Waals surface area contributed by atoms with Crippen LogP contribution in [0.15, 0.2) is 24.3 Å². The lowest BCUT2D eigenvalue weighted by atomic mass is 10.3. The Morgan fingerprint density at radius 2 is 2.12 bits per heavy atom. The summed E-state index contributed by atoms with van der Waals surface area (Å²) in [5, 5.41) is 12.2. The summed E-state index contributed by atoms with van der Waals surface area (Å²) >= 11 is 5.72. The first-order valence-electron chi connectivity index (χ1n) is 5.41. The van der Waals surface area contributed by atoms with Gasteiger partial charge in [-0.15, -0.1) is 0 Å². The molecule has 5 heteroatoms. The number of ether oxygens (including phenoxy) is 1. The molecule has 0 aliphatic heterocycles. The van der Waals surface area contributed by atoms with Crippen molar-refractivity contribution in [2.24, 2.45) is 0 Å². The standard InChI is InChI=1S/C12H16ClNO3/c1-9(15)8-14-12(16)6-7-17-11-4-2-10(13)3-5-11/h2-5,9,15H,6-8H2,1H3,(H,14,16)/t9-/m0/s1. The highest BCUT2D eigenvalue weighted by Crippen LogP contribution is 2.15. The summed E-state index contributed by atoms with van der Waals surface area (Å²) in [6, 6.07) is 6.95. The van der Waals surface area contributed by atoms with Crippen molar-refractivity contribution in [1.29, 1.82) is 0 Å². The molecule has 0 saturated heterocycles. The SMILES string of the molecule is C[C@H](O)CNC(=O)CCOc1ccc(Cl)cc1. The maximum atomic E-state index is 11.3. The zero-order chi connectivity index (χ0) is 12.7. The van der Waals surface area contributed by atoms with Crippen LogP contribution in [0.25, 0.3) is 0 Å². The molecule has 0 radical (unpaired) electrons. The predicted molar refractivity (Wildman–Crippen MR) is 66.3 cm³/mol. The molecule has 0 spiro atoms. The van der Waals surface area contributed by atoms with E-state index in [0.717, 1.165) is 0 Å². The third kappa shape index (κ3) is 6.14. The van der Waals surface area contributed by atoms with Crippen molar-refractivity contribution >= 4 is 17.5 Å². The molecule has 0 bridgehead atoms. The minimum Gasteiger partial charge on any atom is -0.493 e. The van der Waals surface area contributed by atoms with Crippen LogP contribution in [0.1, 0.15) is 13.3 Å². The minimum absolute atomic E-state index is 0.139. The molecule has 0 aromatic heterocycles. The van der Waals surface area contributed by atoms with Gasteiger partial charge in [0.1, 0.15) is 5.75 Å². The number of carbonyl (C=O) groups excluding carboxylic acids is 1. The zero-order valence-electron chi connectivity index (χ0n) is 9.65. The Bertz CT molecular complexity index is 351. The van der Waals surface area contributed by atoms with Crippen molar-refractivity contribution in [2.45, 2.75) is 19.4 Å². The molecule has 17 heavy (non-hydrogen) atoms. The van der Waals surface area contributed by atoms with Gasteiger partial charge in [-0.05, 0) is 31.2 Å². The second-order valence-electron chi connectivity index (χ2n) is 3.71. The molecule has 0 saturated carbocycles. The molecule has 1 amide bonds. The molecule has 94 valence electrons. The maximum absolute atomic E-state index is 11.3. The second kappa shape index (κ2) is 7.14. The van der Waals surface area contributed by atoms with E-state index in [-0.39, 0.29) is 18.9 Å². The second-order valence-corrected chi connectivity index (χ2v) is 4.14. The molecular formula is C12H16ClNO3. The van der Waals surface area contributed by atoms with Crippen LogP contribution in [0.4, 0.5) is 0 Å². The fourth-order valence-corrected chi connectivity index (χ4v) is 1.27. The van der Waals surface area contributed by atoms with Crippen LogP contribution in [0.3, 0.4) is 0 Å². The molecule has 0 aliphatic carbocycles. The van der Waals surface area contributed by atoms with Gasteiger partial charge in [-0.2, -0.15) is 0 Å². The largest absolute Gasteiger partial charge is 0.493 e. The molecular weight excluding hydrogens is 242 g/mol. The Morgan fingerprint density at radius 1 is 1.47 bits per heavy atom. The van der Waals surface area contributed by atoms with E-state index >= 15 is 0 Å². The quantitative estimate of drug-likeness (QED) is 0.814. The molecule has 1 aromatic carbocycles. The molecule has 0 aliphatic rings. The Labute approximate surface area is 106 Å². The third-order valence-corrected chi connectivity index (χ3v) is 2.26. The van der Waals surface area contributed by atoms with E-state index in [9.17, 15) is 4.79 Å². The Kier molecular flexibility index (Phi) is 5.80. The van der Waals surface area contributed by atoms with Gasteiger partial charge in [0.2, 0.25) is 5.91 Å². The van der Waals surface area contributed by atoms with Gasteiger partial charge in [0, 0.05) is 11.6 Å². The van der Waals surface area contributed by atoms with E-state index in [4.69, 9.17) is 21.4 Å². The van der Waals surface area contributed by atoms with E-state index in [2.05, 4.69) is 5.32 Å². The van der Waals surface area contributed by atoms with Gasteiger partial charge in [0.15, 0.2) is 0 Å². The van der Waals surface area contributed by atoms with E-state index in [0.29, 0.717) is 17.4 Å². The van der Waals surface area contributed by atoms with Crippen molar-refractivity contribution < 1.29 is 14.6 Å². The summed E-state index contributed by atoms with van der Waals surface area (Å²) in [5.41, 5.74) is 0. The summed E-state index contributed by atoms with van der Waals surface area (Å²) in [5.74, 6) is 0.539. The van der Waals surface area contributed by atoms with Gasteiger partial charge in [-0.1, -0.05) is 11.6 Å². The van der Waals surface area contributed by atoms with Gasteiger partial charge >= 0.3 is 0 Å². The highest BCUT2D eigenvalue weighted by atomic mass is 35.5. The van der Waals surface area contributed by atoms with Crippen molar-refractivity contribution in [3.8, 4) is 5.75 Å². The van der Waals surface area contributed by atoms with Crippen LogP contribution in [-0.4, -0.2) is 30.3 Å². The van der Waals surface area contributed by atoms with Crippen molar-refractivity contribution in [3.63, 3.8) is 0 Å². The first-order chi connectivity index (χ1) is 8.08. The zero-order valence-corrected chi connectivity index (χ0v) is 10.4. The number of aliphatic hydroxyl groups excluding tert-OH is 1. The van der Waals surface area contributed by atoms with Gasteiger partial charge in [-0.3, -0.25) is 4.79 Å². The van der Waals surface area contributed by atoms with Gasteiger partial charge in [0.05, 0.1) is 19.1 Å². The molecule has 0 fully saturated rings. The summed E-state index contributed by atoms with van der Waals surface area (Å²) < 4.78 is 5.36. The lowest BCUT2D eigenvalue weighted by Gasteiger charge is -2.08. The number of hydrogen-bond acceptors (Lipinski definition) is 3. The summed E-state index contributed by atoms with van der Waals surface area (Å²) in [4.78, 5) is 11.3. The first kappa shape index (κ1) is 13.8. The highest BCUT2D eigenvalue weighted by molar-refractivity contribution is 6.30. The van der Waals surface area contributed by atoms with Crippen LogP contribution in [0, 0.1) is 0 Å². The number of benzene rings is 1. The normalized spacial score (nSPS) is 11.9. The number of nitrogens with one attached hydrogen (secondary N) is 1. The minimum atomic E-state index is -0.531. The summed E-state index contributed by atoms with van der Waals surface area (Å²) in [7, 11) is 0. The maximum Gasteiger partial charge on any atom is 0.223 e. The monoisotopic (exact) mass is 257 g/mol. The van der Waals surface area contributed by atoms with Crippen LogP contribution in [0.5, 0.6) is 5.75 Å². The van der Waals surface area contributed by atoms with Crippen LogP contribution >= 0.6 is 11.6 Å². The molecule has 0 heterocycles. The predicted octanol–water partition coefficient (Wildman–Crippen LogP) is 1.61. The average molecular weight is 258 g/mol. The van der Waals surface area contributed by atoms with E-state index in [1.54, 1.807) is 31.2 Å². The molecule has 1 aromatic rings. The van der Waals surface area contributed by atoms with Gasteiger partial charge < -0.3 is 15.2 Å². The lowest BCUT2D eigenvalue weighted by Crippen LogP contribution is -2.31. The topological polar surface area (TPSA) is 58.6 Å². The average Bonchev–Trinajstić information content (AvgIpc) is 2.29. The Morgan fingerprint density at radius 3 is 2.71 bits per heavy atom. The fraction of sp³-hybridized carbons (Fsp3) is 0.417. The van der Waals surface area contributed by atoms with E-state index in [1.165, 1.54) is 0 Å². The number of rotatable bonds is 6. The number of amides is 1. The fourth-order valence-electron chi connectivity index (χ4n) is 1.14. The smallest absolute Gasteiger partial charge is 0.223 e. The third-order valence-electron chi connectivity index (χ3n) is 2.01. The lowest BCUT2D eigenvalue weighted by molar-refractivity contribution is -0.122. The summed E-state index contributed by atoms with van der Waals surface area (Å²) in [6.45, 7) is 2.18. The van der Waals surface area contributed by atoms with E-state index in [1.807, 2.05) is 0 Å². The van der Waals surface area contributed by atoms with Gasteiger partial charge in [-0.25, -0.2) is 0 Å². The molecule has 0 unspecified atom stereocenters. The molecule has 1 rings (SSSR count). The number of carbonyl (C=O) groups is 1. The van der Waals surface area contributed by atoms with Crippen LogP contribution in [0.2, 0.25) is 5.02 Å². The number of aliphatic hydroxyl groups is 1. The van der Waals surface area contributed by atoms with Crippen molar-refractivity contribution in [1.82, 2.24) is 5.32 Å². The van der Waals surface area contributed by atoms with Crippen molar-refractivity contribution in [3.05, 3.63) is 29.3 Å². The Hall–Kier alpha value is -1.26. The first-order valence-corrected chi connectivity index (χ1v) is 5.79. The van der Waals surface area contributed by atoms with Crippen molar-refractivity contribution in [2.75, 3.05) is 13.2 Å². The van der Waals surface area contributed by atoms with E-state index < -0.39 is 6.10 Å². The highest BCUT2D eigenvalue weighted by Gasteiger charge is 2.03. The Balaban J connectivity index is 2.19. The molecule has 2 N–H and O–H groups in total. The summed E-state index contributed by atoms with van der Waals surface area (Å²) in [6.07, 6.45) is -0.272. The number of halogens is 1. The van der Waals surface area contributed by atoms with Gasteiger partial charge in [0.25, 0.3) is 0 Å². The molecule has 1 atom stereocenters. The van der Waals surface area contributed by atoms with Crippen LogP contribution in [-0.2, 0) is 4.79 Å². The van der Waals surface area contributed by atoms with Crippen LogP contribution < -0.4 is 10.1 Å². The number of hydrogen-bond donors (Lipinski definition) is 2. The molecule has 4 nitrogen and oxygen atoms in total.